The van der Waals surface area contributed by atoms with E-state index in [1.54, 1.807) is 0 Å². The molecule has 1 aromatic carbocycles. The third kappa shape index (κ3) is 2.08. The predicted molar refractivity (Wildman–Crippen MR) is 66.2 cm³/mol. The van der Waals surface area contributed by atoms with Crippen LogP contribution in [0.4, 0.5) is 0 Å². The Labute approximate surface area is 102 Å². The van der Waals surface area contributed by atoms with Gasteiger partial charge < -0.3 is 4.98 Å². The molecular formula is C11H10BrClN2. The topological polar surface area (TPSA) is 28.7 Å². The molecule has 0 aliphatic rings. The molecule has 0 spiro atoms. The number of rotatable bonds is 1. The van der Waals surface area contributed by atoms with Crippen LogP contribution < -0.4 is 0 Å². The first kappa shape index (κ1) is 10.7. The molecule has 0 aliphatic heterocycles. The fraction of sp³-hybridized carbons (Fsp3) is 0.182. The largest absolute Gasteiger partial charge is 0.346 e. The van der Waals surface area contributed by atoms with Crippen LogP contribution in [0.2, 0.25) is 5.02 Å². The number of imidazole rings is 1. The molecule has 0 amide bonds. The highest BCUT2D eigenvalue weighted by atomic mass is 79.9. The molecule has 0 saturated heterocycles. The quantitative estimate of drug-likeness (QED) is 0.839. The van der Waals surface area contributed by atoms with Gasteiger partial charge in [-0.25, -0.2) is 4.98 Å². The van der Waals surface area contributed by atoms with Gasteiger partial charge in [0.1, 0.15) is 5.82 Å². The van der Waals surface area contributed by atoms with Crippen molar-refractivity contribution in [2.45, 2.75) is 13.8 Å². The van der Waals surface area contributed by atoms with Gasteiger partial charge in [-0.1, -0.05) is 17.7 Å². The molecule has 0 radical (unpaired) electrons. The fourth-order valence-electron chi connectivity index (χ4n) is 1.53. The maximum absolute atomic E-state index is 5.94. The molecule has 0 fully saturated rings. The van der Waals surface area contributed by atoms with Crippen molar-refractivity contribution in [2.24, 2.45) is 0 Å². The van der Waals surface area contributed by atoms with E-state index in [2.05, 4.69) is 25.9 Å². The SMILES string of the molecule is Cc1nc(-c2ccc(Cl)c(Br)c2)c(C)[nH]1. The minimum atomic E-state index is 0.712. The normalized spacial score (nSPS) is 10.7. The number of hydrogen-bond donors (Lipinski definition) is 1. The summed E-state index contributed by atoms with van der Waals surface area (Å²) >= 11 is 9.34. The van der Waals surface area contributed by atoms with E-state index in [9.17, 15) is 0 Å². The van der Waals surface area contributed by atoms with E-state index in [-0.39, 0.29) is 0 Å². The number of aromatic nitrogens is 2. The van der Waals surface area contributed by atoms with Gasteiger partial charge in [-0.2, -0.15) is 0 Å². The Kier molecular flexibility index (Phi) is 2.85. The maximum Gasteiger partial charge on any atom is 0.103 e. The summed E-state index contributed by atoms with van der Waals surface area (Å²) < 4.78 is 0.890. The van der Waals surface area contributed by atoms with Crippen LogP contribution in [0.15, 0.2) is 22.7 Å². The Morgan fingerprint density at radius 1 is 1.33 bits per heavy atom. The highest BCUT2D eigenvalue weighted by Crippen LogP contribution is 2.29. The second-order valence-corrected chi connectivity index (χ2v) is 4.69. The van der Waals surface area contributed by atoms with Gasteiger partial charge in [-0.05, 0) is 41.9 Å². The second-order valence-electron chi connectivity index (χ2n) is 3.42. The lowest BCUT2D eigenvalue weighted by atomic mass is 10.1. The Hall–Kier alpha value is -0.800. The van der Waals surface area contributed by atoms with Crippen LogP contribution in [-0.2, 0) is 0 Å². The summed E-state index contributed by atoms with van der Waals surface area (Å²) in [6.07, 6.45) is 0. The maximum atomic E-state index is 5.94. The zero-order chi connectivity index (χ0) is 11.0. The summed E-state index contributed by atoms with van der Waals surface area (Å²) in [6, 6.07) is 5.81. The van der Waals surface area contributed by atoms with Crippen LogP contribution in [0.25, 0.3) is 11.3 Å². The molecule has 15 heavy (non-hydrogen) atoms. The highest BCUT2D eigenvalue weighted by molar-refractivity contribution is 9.10. The van der Waals surface area contributed by atoms with Crippen molar-refractivity contribution in [2.75, 3.05) is 0 Å². The molecule has 4 heteroatoms. The summed E-state index contributed by atoms with van der Waals surface area (Å²) in [5, 5.41) is 0.712. The molecule has 0 unspecified atom stereocenters. The molecule has 78 valence electrons. The van der Waals surface area contributed by atoms with Gasteiger partial charge >= 0.3 is 0 Å². The molecule has 0 aliphatic carbocycles. The van der Waals surface area contributed by atoms with Crippen LogP contribution >= 0.6 is 27.5 Å². The highest BCUT2D eigenvalue weighted by Gasteiger charge is 2.08. The molecule has 0 saturated carbocycles. The van der Waals surface area contributed by atoms with Crippen molar-refractivity contribution in [1.82, 2.24) is 9.97 Å². The summed E-state index contributed by atoms with van der Waals surface area (Å²) in [5.41, 5.74) is 3.11. The van der Waals surface area contributed by atoms with Gasteiger partial charge in [-0.3, -0.25) is 0 Å². The van der Waals surface area contributed by atoms with Gasteiger partial charge in [0.2, 0.25) is 0 Å². The first-order chi connectivity index (χ1) is 7.08. The van der Waals surface area contributed by atoms with Crippen LogP contribution in [0.5, 0.6) is 0 Å². The van der Waals surface area contributed by atoms with E-state index in [4.69, 9.17) is 11.6 Å². The molecule has 1 heterocycles. The molecular weight excluding hydrogens is 275 g/mol. The van der Waals surface area contributed by atoms with Crippen LogP contribution in [0.3, 0.4) is 0 Å². The van der Waals surface area contributed by atoms with Gasteiger partial charge in [0.15, 0.2) is 0 Å². The fourth-order valence-corrected chi connectivity index (χ4v) is 2.03. The number of halogens is 2. The summed E-state index contributed by atoms with van der Waals surface area (Å²) in [4.78, 5) is 7.61. The lowest BCUT2D eigenvalue weighted by molar-refractivity contribution is 1.13. The van der Waals surface area contributed by atoms with E-state index >= 15 is 0 Å². The third-order valence-corrected chi connectivity index (χ3v) is 3.41. The molecule has 2 nitrogen and oxygen atoms in total. The van der Waals surface area contributed by atoms with Gasteiger partial charge in [0.25, 0.3) is 0 Å². The van der Waals surface area contributed by atoms with Crippen molar-refractivity contribution in [3.05, 3.63) is 39.2 Å². The average molecular weight is 286 g/mol. The molecule has 1 aromatic heterocycles. The summed E-state index contributed by atoms with van der Waals surface area (Å²) in [7, 11) is 0. The van der Waals surface area contributed by atoms with E-state index < -0.39 is 0 Å². The Morgan fingerprint density at radius 3 is 2.60 bits per heavy atom. The van der Waals surface area contributed by atoms with E-state index in [1.807, 2.05) is 32.0 Å². The summed E-state index contributed by atoms with van der Waals surface area (Å²) in [5.74, 6) is 0.925. The van der Waals surface area contributed by atoms with Gasteiger partial charge in [0, 0.05) is 15.7 Å². The van der Waals surface area contributed by atoms with Gasteiger partial charge in [-0.15, -0.1) is 0 Å². The molecule has 1 N–H and O–H groups in total. The number of aryl methyl sites for hydroxylation is 2. The lowest BCUT2D eigenvalue weighted by Gasteiger charge is -2.01. The van der Waals surface area contributed by atoms with E-state index in [0.29, 0.717) is 5.02 Å². The molecule has 0 bridgehead atoms. The van der Waals surface area contributed by atoms with Crippen molar-refractivity contribution >= 4 is 27.5 Å². The zero-order valence-electron chi connectivity index (χ0n) is 8.44. The van der Waals surface area contributed by atoms with Crippen molar-refractivity contribution < 1.29 is 0 Å². The number of H-pyrrole nitrogens is 1. The minimum absolute atomic E-state index is 0.712. The zero-order valence-corrected chi connectivity index (χ0v) is 10.8. The standard InChI is InChI=1S/C11H10BrClN2/c1-6-11(15-7(2)14-6)8-3-4-10(13)9(12)5-8/h3-5H,1-2H3,(H,14,15). The number of nitrogens with zero attached hydrogens (tertiary/aromatic N) is 1. The third-order valence-electron chi connectivity index (χ3n) is 2.20. The number of aromatic amines is 1. The van der Waals surface area contributed by atoms with Crippen LogP contribution in [-0.4, -0.2) is 9.97 Å². The number of hydrogen-bond acceptors (Lipinski definition) is 1. The smallest absolute Gasteiger partial charge is 0.103 e. The van der Waals surface area contributed by atoms with Crippen molar-refractivity contribution in [3.63, 3.8) is 0 Å². The summed E-state index contributed by atoms with van der Waals surface area (Å²) in [6.45, 7) is 3.96. The van der Waals surface area contributed by atoms with Crippen LogP contribution in [0, 0.1) is 13.8 Å². The Balaban J connectivity index is 2.54. The van der Waals surface area contributed by atoms with E-state index in [1.165, 1.54) is 0 Å². The van der Waals surface area contributed by atoms with Gasteiger partial charge in [0.05, 0.1) is 10.7 Å². The minimum Gasteiger partial charge on any atom is -0.346 e. The molecule has 0 atom stereocenters. The van der Waals surface area contributed by atoms with Crippen LogP contribution in [0.1, 0.15) is 11.5 Å². The first-order valence-electron chi connectivity index (χ1n) is 4.56. The van der Waals surface area contributed by atoms with Crippen molar-refractivity contribution in [1.29, 1.82) is 0 Å². The Bertz CT molecular complexity index is 505. The first-order valence-corrected chi connectivity index (χ1v) is 5.73. The van der Waals surface area contributed by atoms with E-state index in [0.717, 1.165) is 27.2 Å². The van der Waals surface area contributed by atoms with Crippen molar-refractivity contribution in [3.8, 4) is 11.3 Å². The number of nitrogens with one attached hydrogen (secondary N) is 1. The number of benzene rings is 1. The average Bonchev–Trinajstić information content (AvgIpc) is 2.50. The lowest BCUT2D eigenvalue weighted by Crippen LogP contribution is -1.81. The second kappa shape index (κ2) is 3.99. The Morgan fingerprint density at radius 2 is 2.07 bits per heavy atom. The molecule has 2 rings (SSSR count). The molecule has 2 aromatic rings. The monoisotopic (exact) mass is 284 g/mol. The predicted octanol–water partition coefficient (Wildman–Crippen LogP) is 4.11.